The summed E-state index contributed by atoms with van der Waals surface area (Å²) in [7, 11) is -3.48. The molecule has 1 aliphatic carbocycles. The van der Waals surface area contributed by atoms with Crippen molar-refractivity contribution in [2.75, 3.05) is 13.2 Å². The minimum Gasteiger partial charge on any atom is -0.396 e. The van der Waals surface area contributed by atoms with Crippen LogP contribution in [-0.4, -0.2) is 36.9 Å². The number of aryl methyl sites for hydroxylation is 1. The number of aliphatic hydroxyl groups is 1. The number of aliphatic hydroxyl groups excluding tert-OH is 1. The van der Waals surface area contributed by atoms with Crippen LogP contribution in [0.4, 0.5) is 0 Å². The molecule has 1 aromatic rings. The van der Waals surface area contributed by atoms with Crippen molar-refractivity contribution in [2.45, 2.75) is 31.1 Å². The molecule has 3 N–H and O–H groups in total. The van der Waals surface area contributed by atoms with E-state index in [0.717, 1.165) is 12.8 Å². The van der Waals surface area contributed by atoms with Crippen molar-refractivity contribution in [3.8, 4) is 0 Å². The third-order valence-electron chi connectivity index (χ3n) is 3.31. The Balaban J connectivity index is 2.02. The van der Waals surface area contributed by atoms with Gasteiger partial charge in [0.1, 0.15) is 4.90 Å². The molecule has 1 fully saturated rings. The lowest BCUT2D eigenvalue weighted by molar-refractivity contribution is 0.249. The van der Waals surface area contributed by atoms with Crippen LogP contribution in [0.15, 0.2) is 11.1 Å². The van der Waals surface area contributed by atoms with Crippen molar-refractivity contribution < 1.29 is 13.5 Å². The fourth-order valence-electron chi connectivity index (χ4n) is 1.87. The average molecular weight is 259 g/mol. The maximum absolute atomic E-state index is 12.0. The molecule has 1 aliphatic rings. The van der Waals surface area contributed by atoms with Gasteiger partial charge in [0.05, 0.1) is 11.9 Å². The summed E-state index contributed by atoms with van der Waals surface area (Å²) in [5, 5.41) is 15.2. The zero-order chi connectivity index (χ0) is 12.5. The normalized spacial score (nSPS) is 18.2. The van der Waals surface area contributed by atoms with Gasteiger partial charge in [0.25, 0.3) is 0 Å². The minimum atomic E-state index is -3.48. The second-order valence-electron chi connectivity index (χ2n) is 4.66. The summed E-state index contributed by atoms with van der Waals surface area (Å²) in [6, 6.07) is 0. The number of aromatic nitrogens is 2. The maximum atomic E-state index is 12.0. The quantitative estimate of drug-likeness (QED) is 0.678. The second-order valence-corrected chi connectivity index (χ2v) is 6.39. The maximum Gasteiger partial charge on any atom is 0.243 e. The van der Waals surface area contributed by atoms with Gasteiger partial charge >= 0.3 is 0 Å². The van der Waals surface area contributed by atoms with Gasteiger partial charge in [-0.25, -0.2) is 13.1 Å². The summed E-state index contributed by atoms with van der Waals surface area (Å²) in [6.45, 7) is 2.16. The summed E-state index contributed by atoms with van der Waals surface area (Å²) in [4.78, 5) is 0.192. The van der Waals surface area contributed by atoms with E-state index in [-0.39, 0.29) is 16.9 Å². The standard InChI is InChI=1S/C10H17N3O3S/c1-8-9(6-11-13-8)17(15,16)12-7-10(2-3-10)4-5-14/h6,12,14H,2-5,7H2,1H3,(H,11,13). The van der Waals surface area contributed by atoms with Gasteiger partial charge in [-0.05, 0) is 31.6 Å². The Morgan fingerprint density at radius 2 is 2.29 bits per heavy atom. The van der Waals surface area contributed by atoms with Crippen LogP contribution in [-0.2, 0) is 10.0 Å². The van der Waals surface area contributed by atoms with Crippen molar-refractivity contribution in [1.29, 1.82) is 0 Å². The largest absolute Gasteiger partial charge is 0.396 e. The molecule has 6 nitrogen and oxygen atoms in total. The molecule has 7 heteroatoms. The molecule has 0 amide bonds. The summed E-state index contributed by atoms with van der Waals surface area (Å²) >= 11 is 0. The van der Waals surface area contributed by atoms with E-state index in [4.69, 9.17) is 5.11 Å². The lowest BCUT2D eigenvalue weighted by Gasteiger charge is -2.14. The molecule has 1 heterocycles. The number of rotatable bonds is 6. The van der Waals surface area contributed by atoms with Crippen LogP contribution < -0.4 is 4.72 Å². The van der Waals surface area contributed by atoms with E-state index >= 15 is 0 Å². The molecule has 0 atom stereocenters. The molecule has 0 bridgehead atoms. The van der Waals surface area contributed by atoms with E-state index in [1.807, 2.05) is 0 Å². The first-order valence-electron chi connectivity index (χ1n) is 5.60. The number of hydrogen-bond donors (Lipinski definition) is 3. The molecule has 1 aromatic heterocycles. The lowest BCUT2D eigenvalue weighted by atomic mass is 10.0. The number of hydrogen-bond acceptors (Lipinski definition) is 4. The van der Waals surface area contributed by atoms with Gasteiger partial charge in [-0.2, -0.15) is 5.10 Å². The van der Waals surface area contributed by atoms with E-state index in [1.165, 1.54) is 6.20 Å². The number of sulfonamides is 1. The van der Waals surface area contributed by atoms with Crippen LogP contribution >= 0.6 is 0 Å². The first kappa shape index (κ1) is 12.5. The Labute approximate surface area is 100 Å². The lowest BCUT2D eigenvalue weighted by Crippen LogP contribution is -2.31. The summed E-state index contributed by atoms with van der Waals surface area (Å²) < 4.78 is 26.5. The van der Waals surface area contributed by atoms with Crippen LogP contribution in [0, 0.1) is 12.3 Å². The molecule has 0 aromatic carbocycles. The Hall–Kier alpha value is -0.920. The summed E-state index contributed by atoms with van der Waals surface area (Å²) in [5.74, 6) is 0. The Morgan fingerprint density at radius 1 is 1.59 bits per heavy atom. The van der Waals surface area contributed by atoms with Crippen LogP contribution in [0.25, 0.3) is 0 Å². The molecule has 96 valence electrons. The van der Waals surface area contributed by atoms with Crippen molar-refractivity contribution in [2.24, 2.45) is 5.41 Å². The molecule has 0 radical (unpaired) electrons. The van der Waals surface area contributed by atoms with Gasteiger partial charge in [-0.1, -0.05) is 0 Å². The Kier molecular flexibility index (Phi) is 3.24. The molecule has 0 spiro atoms. The van der Waals surface area contributed by atoms with Crippen molar-refractivity contribution in [3.63, 3.8) is 0 Å². The van der Waals surface area contributed by atoms with Gasteiger partial charge in [0, 0.05) is 13.2 Å². The number of nitrogens with zero attached hydrogens (tertiary/aromatic N) is 1. The first-order chi connectivity index (χ1) is 7.99. The smallest absolute Gasteiger partial charge is 0.243 e. The fourth-order valence-corrected chi connectivity index (χ4v) is 3.16. The van der Waals surface area contributed by atoms with Crippen molar-refractivity contribution in [3.05, 3.63) is 11.9 Å². The molecule has 17 heavy (non-hydrogen) atoms. The summed E-state index contributed by atoms with van der Waals surface area (Å²) in [5.41, 5.74) is 0.504. The van der Waals surface area contributed by atoms with Crippen LogP contribution in [0.1, 0.15) is 25.0 Å². The minimum absolute atomic E-state index is 0.0283. The highest BCUT2D eigenvalue weighted by Gasteiger charge is 2.42. The number of H-pyrrole nitrogens is 1. The number of nitrogens with one attached hydrogen (secondary N) is 2. The third kappa shape index (κ3) is 2.67. The van der Waals surface area contributed by atoms with E-state index in [2.05, 4.69) is 14.9 Å². The first-order valence-corrected chi connectivity index (χ1v) is 7.08. The predicted molar refractivity (Wildman–Crippen MR) is 61.9 cm³/mol. The molecule has 2 rings (SSSR count). The highest BCUT2D eigenvalue weighted by Crippen LogP contribution is 2.48. The van der Waals surface area contributed by atoms with Gasteiger partial charge < -0.3 is 5.11 Å². The molecule has 0 aliphatic heterocycles. The van der Waals surface area contributed by atoms with Gasteiger partial charge in [0.15, 0.2) is 0 Å². The average Bonchev–Trinajstić information content (AvgIpc) is 2.89. The highest BCUT2D eigenvalue weighted by molar-refractivity contribution is 7.89. The van der Waals surface area contributed by atoms with E-state index in [9.17, 15) is 8.42 Å². The zero-order valence-electron chi connectivity index (χ0n) is 9.73. The predicted octanol–water partition coefficient (Wildman–Crippen LogP) is 0.159. The van der Waals surface area contributed by atoms with Crippen LogP contribution in [0.5, 0.6) is 0 Å². The second kappa shape index (κ2) is 4.40. The van der Waals surface area contributed by atoms with Crippen molar-refractivity contribution in [1.82, 2.24) is 14.9 Å². The SMILES string of the molecule is Cc1[nH]ncc1S(=O)(=O)NCC1(CCO)CC1. The monoisotopic (exact) mass is 259 g/mol. The zero-order valence-corrected chi connectivity index (χ0v) is 10.5. The van der Waals surface area contributed by atoms with Crippen molar-refractivity contribution >= 4 is 10.0 Å². The van der Waals surface area contributed by atoms with E-state index in [1.54, 1.807) is 6.92 Å². The van der Waals surface area contributed by atoms with E-state index in [0.29, 0.717) is 18.7 Å². The number of aromatic amines is 1. The third-order valence-corrected chi connectivity index (χ3v) is 4.82. The highest BCUT2D eigenvalue weighted by atomic mass is 32.2. The Bertz CT molecular complexity index is 491. The van der Waals surface area contributed by atoms with Gasteiger partial charge in [0.2, 0.25) is 10.0 Å². The van der Waals surface area contributed by atoms with Crippen LogP contribution in [0.3, 0.4) is 0 Å². The topological polar surface area (TPSA) is 95.1 Å². The molecular weight excluding hydrogens is 242 g/mol. The molecule has 0 saturated heterocycles. The van der Waals surface area contributed by atoms with Gasteiger partial charge in [-0.3, -0.25) is 5.10 Å². The summed E-state index contributed by atoms with van der Waals surface area (Å²) in [6.07, 6.45) is 3.91. The molecule has 1 saturated carbocycles. The molecular formula is C10H17N3O3S. The van der Waals surface area contributed by atoms with Gasteiger partial charge in [-0.15, -0.1) is 0 Å². The molecule has 0 unspecified atom stereocenters. The van der Waals surface area contributed by atoms with Crippen LogP contribution in [0.2, 0.25) is 0 Å². The Morgan fingerprint density at radius 3 is 2.76 bits per heavy atom. The van der Waals surface area contributed by atoms with E-state index < -0.39 is 10.0 Å². The fraction of sp³-hybridized carbons (Fsp3) is 0.700.